The minimum Gasteiger partial charge on any atom is -0.507 e. The Bertz CT molecular complexity index is 707. The zero-order valence-corrected chi connectivity index (χ0v) is 14.7. The summed E-state index contributed by atoms with van der Waals surface area (Å²) in [5.41, 5.74) is 0.655. The van der Waals surface area contributed by atoms with Gasteiger partial charge in [0.05, 0.1) is 22.8 Å². The summed E-state index contributed by atoms with van der Waals surface area (Å²) in [5.74, 6) is -0.0525. The van der Waals surface area contributed by atoms with E-state index in [0.717, 1.165) is 4.47 Å². The molecule has 0 bridgehead atoms. The molecule has 0 aromatic heterocycles. The van der Waals surface area contributed by atoms with Gasteiger partial charge in [0.25, 0.3) is 5.91 Å². The second kappa shape index (κ2) is 6.68. The van der Waals surface area contributed by atoms with Gasteiger partial charge in [-0.05, 0) is 56.1 Å². The number of phenolic OH excluding ortho intramolecular Hbond substituents is 1. The van der Waals surface area contributed by atoms with E-state index in [2.05, 4.69) is 37.2 Å². The summed E-state index contributed by atoms with van der Waals surface area (Å²) >= 11 is 12.5. The van der Waals surface area contributed by atoms with Gasteiger partial charge in [0.15, 0.2) is 0 Å². The highest BCUT2D eigenvalue weighted by Gasteiger charge is 2.14. The molecule has 0 aliphatic rings. The van der Waals surface area contributed by atoms with Crippen molar-refractivity contribution in [1.82, 2.24) is 0 Å². The molecule has 110 valence electrons. The SMILES string of the molecule is COc1cc(NC(=O)c2ccc(Cl)cc2O)c(Br)cc1Br. The van der Waals surface area contributed by atoms with Gasteiger partial charge in [-0.25, -0.2) is 0 Å². The van der Waals surface area contributed by atoms with E-state index >= 15 is 0 Å². The Labute approximate surface area is 143 Å². The normalized spacial score (nSPS) is 10.3. The van der Waals surface area contributed by atoms with Crippen molar-refractivity contribution < 1.29 is 14.6 Å². The van der Waals surface area contributed by atoms with Crippen molar-refractivity contribution in [1.29, 1.82) is 0 Å². The lowest BCUT2D eigenvalue weighted by Crippen LogP contribution is -2.12. The van der Waals surface area contributed by atoms with E-state index in [1.165, 1.54) is 25.3 Å². The van der Waals surface area contributed by atoms with E-state index in [-0.39, 0.29) is 11.3 Å². The van der Waals surface area contributed by atoms with Gasteiger partial charge in [-0.3, -0.25) is 4.79 Å². The number of nitrogens with one attached hydrogen (secondary N) is 1. The van der Waals surface area contributed by atoms with Crippen LogP contribution in [0.25, 0.3) is 0 Å². The molecule has 2 rings (SSSR count). The Balaban J connectivity index is 2.31. The number of methoxy groups -OCH3 is 1. The van der Waals surface area contributed by atoms with E-state index in [1.807, 2.05) is 0 Å². The van der Waals surface area contributed by atoms with Crippen LogP contribution in [0.15, 0.2) is 39.3 Å². The Morgan fingerprint density at radius 1 is 1.24 bits per heavy atom. The molecule has 1 amide bonds. The van der Waals surface area contributed by atoms with E-state index < -0.39 is 5.91 Å². The number of anilines is 1. The highest BCUT2D eigenvalue weighted by molar-refractivity contribution is 9.11. The summed E-state index contributed by atoms with van der Waals surface area (Å²) in [6, 6.07) is 7.73. The van der Waals surface area contributed by atoms with Gasteiger partial charge in [0, 0.05) is 15.6 Å². The number of amides is 1. The first-order valence-corrected chi connectivity index (χ1v) is 7.71. The number of carbonyl (C=O) groups is 1. The molecule has 0 spiro atoms. The van der Waals surface area contributed by atoms with Gasteiger partial charge in [-0.1, -0.05) is 11.6 Å². The number of carbonyl (C=O) groups excluding carboxylic acids is 1. The van der Waals surface area contributed by atoms with Crippen molar-refractivity contribution in [2.45, 2.75) is 0 Å². The molecule has 0 fully saturated rings. The second-order valence-corrected chi connectivity index (χ2v) is 6.23. The van der Waals surface area contributed by atoms with E-state index in [9.17, 15) is 9.90 Å². The van der Waals surface area contributed by atoms with Crippen LogP contribution >= 0.6 is 43.5 Å². The lowest BCUT2D eigenvalue weighted by Gasteiger charge is -2.11. The number of benzene rings is 2. The molecular formula is C14H10Br2ClNO3. The van der Waals surface area contributed by atoms with Crippen LogP contribution in [-0.2, 0) is 0 Å². The van der Waals surface area contributed by atoms with Crippen LogP contribution in [0.2, 0.25) is 5.02 Å². The van der Waals surface area contributed by atoms with Crippen LogP contribution < -0.4 is 10.1 Å². The highest BCUT2D eigenvalue weighted by Crippen LogP contribution is 2.35. The summed E-state index contributed by atoms with van der Waals surface area (Å²) in [6.07, 6.45) is 0. The molecule has 2 aromatic carbocycles. The third-order valence-corrected chi connectivity index (χ3v) is 4.20. The van der Waals surface area contributed by atoms with Crippen molar-refractivity contribution in [3.8, 4) is 11.5 Å². The van der Waals surface area contributed by atoms with Crippen LogP contribution in [-0.4, -0.2) is 18.1 Å². The third-order valence-electron chi connectivity index (χ3n) is 2.69. The molecule has 4 nitrogen and oxygen atoms in total. The predicted molar refractivity (Wildman–Crippen MR) is 89.5 cm³/mol. The summed E-state index contributed by atoms with van der Waals surface area (Å²) in [7, 11) is 1.53. The van der Waals surface area contributed by atoms with Gasteiger partial charge in [0.1, 0.15) is 11.5 Å². The molecule has 0 aliphatic carbocycles. The van der Waals surface area contributed by atoms with Crippen molar-refractivity contribution in [2.75, 3.05) is 12.4 Å². The number of aromatic hydroxyl groups is 1. The third kappa shape index (κ3) is 3.70. The molecule has 0 saturated carbocycles. The molecule has 7 heteroatoms. The summed E-state index contributed by atoms with van der Waals surface area (Å²) < 4.78 is 6.61. The average molecular weight is 435 g/mol. The number of halogens is 3. The van der Waals surface area contributed by atoms with Crippen molar-refractivity contribution in [3.05, 3.63) is 49.9 Å². The summed E-state index contributed by atoms with van der Waals surface area (Å²) in [6.45, 7) is 0. The molecule has 2 aromatic rings. The molecule has 0 atom stereocenters. The zero-order valence-electron chi connectivity index (χ0n) is 10.8. The largest absolute Gasteiger partial charge is 0.507 e. The fourth-order valence-corrected chi connectivity index (χ4v) is 3.09. The second-order valence-electron chi connectivity index (χ2n) is 4.08. The van der Waals surface area contributed by atoms with E-state index in [0.29, 0.717) is 20.9 Å². The van der Waals surface area contributed by atoms with Crippen LogP contribution in [0, 0.1) is 0 Å². The maximum absolute atomic E-state index is 12.2. The molecule has 0 unspecified atom stereocenters. The van der Waals surface area contributed by atoms with Crippen LogP contribution in [0.3, 0.4) is 0 Å². The van der Waals surface area contributed by atoms with Gasteiger partial charge in [-0.2, -0.15) is 0 Å². The number of phenols is 1. The fraction of sp³-hybridized carbons (Fsp3) is 0.0714. The lowest BCUT2D eigenvalue weighted by molar-refractivity contribution is 0.102. The molecule has 21 heavy (non-hydrogen) atoms. The van der Waals surface area contributed by atoms with Gasteiger partial charge >= 0.3 is 0 Å². The van der Waals surface area contributed by atoms with E-state index in [1.54, 1.807) is 12.1 Å². The quantitative estimate of drug-likeness (QED) is 0.726. The minimum atomic E-state index is -0.450. The molecule has 0 radical (unpaired) electrons. The Kier molecular flexibility index (Phi) is 5.13. The molecule has 0 heterocycles. The number of hydrogen-bond acceptors (Lipinski definition) is 3. The summed E-state index contributed by atoms with van der Waals surface area (Å²) in [5, 5.41) is 12.8. The van der Waals surface area contributed by atoms with Crippen molar-refractivity contribution in [2.24, 2.45) is 0 Å². The van der Waals surface area contributed by atoms with Gasteiger partial charge < -0.3 is 15.2 Å². The van der Waals surface area contributed by atoms with Crippen LogP contribution in [0.4, 0.5) is 5.69 Å². The minimum absolute atomic E-state index is 0.133. The number of hydrogen-bond donors (Lipinski definition) is 2. The summed E-state index contributed by atoms with van der Waals surface area (Å²) in [4.78, 5) is 12.2. The number of ether oxygens (including phenoxy) is 1. The maximum Gasteiger partial charge on any atom is 0.259 e. The fourth-order valence-electron chi connectivity index (χ4n) is 1.67. The van der Waals surface area contributed by atoms with Crippen LogP contribution in [0.5, 0.6) is 11.5 Å². The van der Waals surface area contributed by atoms with Crippen molar-refractivity contribution in [3.63, 3.8) is 0 Å². The Morgan fingerprint density at radius 2 is 1.95 bits per heavy atom. The topological polar surface area (TPSA) is 58.6 Å². The van der Waals surface area contributed by atoms with Gasteiger partial charge in [-0.15, -0.1) is 0 Å². The van der Waals surface area contributed by atoms with Crippen molar-refractivity contribution >= 4 is 55.1 Å². The molecule has 2 N–H and O–H groups in total. The first kappa shape index (κ1) is 16.1. The van der Waals surface area contributed by atoms with E-state index in [4.69, 9.17) is 16.3 Å². The van der Waals surface area contributed by atoms with Crippen LogP contribution in [0.1, 0.15) is 10.4 Å². The maximum atomic E-state index is 12.2. The molecular weight excluding hydrogens is 425 g/mol. The zero-order chi connectivity index (χ0) is 15.6. The average Bonchev–Trinajstić information content (AvgIpc) is 2.41. The first-order valence-electron chi connectivity index (χ1n) is 5.75. The standard InChI is InChI=1S/C14H10Br2ClNO3/c1-21-13-6-11(9(15)5-10(13)16)18-14(20)8-3-2-7(17)4-12(8)19/h2-6,19H,1H3,(H,18,20). The predicted octanol–water partition coefficient (Wildman–Crippen LogP) is 4.83. The number of rotatable bonds is 3. The Hall–Kier alpha value is -1.24. The molecule has 0 aliphatic heterocycles. The smallest absolute Gasteiger partial charge is 0.259 e. The Morgan fingerprint density at radius 3 is 2.57 bits per heavy atom. The van der Waals surface area contributed by atoms with Gasteiger partial charge in [0.2, 0.25) is 0 Å². The lowest BCUT2D eigenvalue weighted by atomic mass is 10.2. The first-order chi connectivity index (χ1) is 9.92. The monoisotopic (exact) mass is 433 g/mol. The highest BCUT2D eigenvalue weighted by atomic mass is 79.9. The molecule has 0 saturated heterocycles.